The van der Waals surface area contributed by atoms with E-state index in [0.29, 0.717) is 10.8 Å². The Labute approximate surface area is 71.8 Å². The zero-order valence-electron chi connectivity index (χ0n) is 5.54. The fourth-order valence-electron chi connectivity index (χ4n) is 0.568. The second kappa shape index (κ2) is 4.62. The summed E-state index contributed by atoms with van der Waals surface area (Å²) in [5, 5.41) is 0. The molecule has 0 aromatic heterocycles. The van der Waals surface area contributed by atoms with Gasteiger partial charge >= 0.3 is 0 Å². The van der Waals surface area contributed by atoms with Crippen LogP contribution in [0, 0.1) is 0 Å². The molecule has 0 spiro atoms. The number of hydrogen-bond donors (Lipinski definition) is 0. The van der Waals surface area contributed by atoms with E-state index in [1.807, 2.05) is 18.2 Å². The third kappa shape index (κ3) is 3.62. The van der Waals surface area contributed by atoms with Crippen LogP contribution >= 0.6 is 21.6 Å². The van der Waals surface area contributed by atoms with Gasteiger partial charge in [0.05, 0.1) is 0 Å². The second-order valence-corrected chi connectivity index (χ2v) is 4.02. The number of halogens is 2. The highest BCUT2D eigenvalue weighted by atomic mass is 33.1. The summed E-state index contributed by atoms with van der Waals surface area (Å²) in [7, 11) is 1.66. The lowest BCUT2D eigenvalue weighted by atomic mass is 10.4. The minimum Gasteiger partial charge on any atom is -0.197 e. The molecule has 1 rings (SSSR count). The molecule has 0 aliphatic carbocycles. The lowest BCUT2D eigenvalue weighted by Crippen LogP contribution is -1.74. The molecule has 0 N–H and O–H groups in total. The van der Waals surface area contributed by atoms with E-state index in [9.17, 15) is 8.78 Å². The molecule has 0 amide bonds. The van der Waals surface area contributed by atoms with Crippen LogP contribution in [0.4, 0.5) is 8.78 Å². The molecule has 0 fully saturated rings. The summed E-state index contributed by atoms with van der Waals surface area (Å²) in [4.78, 5) is 0.859. The molecule has 0 saturated carbocycles. The quantitative estimate of drug-likeness (QED) is 0.670. The Hall–Kier alpha value is -0.220. The first-order valence-corrected chi connectivity index (χ1v) is 5.17. The van der Waals surface area contributed by atoms with Gasteiger partial charge < -0.3 is 0 Å². The van der Waals surface area contributed by atoms with Crippen LogP contribution in [0.3, 0.4) is 0 Å². The van der Waals surface area contributed by atoms with Gasteiger partial charge in [-0.25, -0.2) is 0 Å². The molecule has 0 aliphatic rings. The maximum absolute atomic E-state index is 11.7. The zero-order chi connectivity index (χ0) is 8.10. The van der Waals surface area contributed by atoms with Crippen molar-refractivity contribution in [3.8, 4) is 0 Å². The standard InChI is InChI=1S/C7H6F2S2/c8-7(9)11-10-6-4-2-1-3-5-6/h1-5,7H. The number of rotatable bonds is 3. The highest BCUT2D eigenvalue weighted by Gasteiger charge is 2.02. The lowest BCUT2D eigenvalue weighted by molar-refractivity contribution is 0.254. The van der Waals surface area contributed by atoms with E-state index in [4.69, 9.17) is 0 Å². The molecule has 0 heterocycles. The first kappa shape index (κ1) is 8.87. The van der Waals surface area contributed by atoms with Crippen molar-refractivity contribution in [1.29, 1.82) is 0 Å². The number of alkyl halides is 2. The molecule has 4 heteroatoms. The molecule has 60 valence electrons. The van der Waals surface area contributed by atoms with Crippen molar-refractivity contribution in [3.63, 3.8) is 0 Å². The minimum absolute atomic E-state index is 0.568. The molecule has 11 heavy (non-hydrogen) atoms. The van der Waals surface area contributed by atoms with Crippen molar-refractivity contribution in [1.82, 2.24) is 0 Å². The van der Waals surface area contributed by atoms with Crippen LogP contribution in [-0.2, 0) is 0 Å². The molecular formula is C7H6F2S2. The third-order valence-corrected chi connectivity index (χ3v) is 2.97. The maximum atomic E-state index is 11.7. The van der Waals surface area contributed by atoms with Crippen molar-refractivity contribution in [2.45, 2.75) is 10.7 Å². The zero-order valence-corrected chi connectivity index (χ0v) is 7.17. The van der Waals surface area contributed by atoms with Gasteiger partial charge in [-0.3, -0.25) is 0 Å². The Morgan fingerprint density at radius 3 is 2.27 bits per heavy atom. The number of hydrogen-bond acceptors (Lipinski definition) is 2. The van der Waals surface area contributed by atoms with Gasteiger partial charge in [-0.1, -0.05) is 29.0 Å². The largest absolute Gasteiger partial charge is 0.294 e. The van der Waals surface area contributed by atoms with Gasteiger partial charge in [-0.2, -0.15) is 8.78 Å². The molecule has 0 atom stereocenters. The van der Waals surface area contributed by atoms with Gasteiger partial charge in [0, 0.05) is 4.90 Å². The van der Waals surface area contributed by atoms with Crippen molar-refractivity contribution in [3.05, 3.63) is 30.3 Å². The van der Waals surface area contributed by atoms with Crippen LogP contribution in [-0.4, -0.2) is 5.76 Å². The fraction of sp³-hybridized carbons (Fsp3) is 0.143. The highest BCUT2D eigenvalue weighted by molar-refractivity contribution is 8.76. The van der Waals surface area contributed by atoms with Gasteiger partial charge in [-0.15, -0.1) is 0 Å². The summed E-state index contributed by atoms with van der Waals surface area (Å²) >= 11 is 0. The van der Waals surface area contributed by atoms with Crippen LogP contribution in [0.25, 0.3) is 0 Å². The number of benzene rings is 1. The van der Waals surface area contributed by atoms with E-state index in [-0.39, 0.29) is 0 Å². The smallest absolute Gasteiger partial charge is 0.197 e. The van der Waals surface area contributed by atoms with Crippen molar-refractivity contribution in [2.24, 2.45) is 0 Å². The summed E-state index contributed by atoms with van der Waals surface area (Å²) in [5.41, 5.74) is 0. The average Bonchev–Trinajstić information content (AvgIpc) is 2.03. The van der Waals surface area contributed by atoms with Crippen molar-refractivity contribution < 1.29 is 8.78 Å². The van der Waals surface area contributed by atoms with E-state index >= 15 is 0 Å². The molecule has 0 bridgehead atoms. The topological polar surface area (TPSA) is 0 Å². The Bertz CT molecular complexity index is 201. The van der Waals surface area contributed by atoms with Gasteiger partial charge in [0.2, 0.25) is 0 Å². The summed E-state index contributed by atoms with van der Waals surface area (Å²) in [5.74, 6) is -2.31. The van der Waals surface area contributed by atoms with Crippen LogP contribution in [0.2, 0.25) is 0 Å². The summed E-state index contributed by atoms with van der Waals surface area (Å²) in [6.45, 7) is 0. The molecule has 1 aromatic carbocycles. The Morgan fingerprint density at radius 2 is 1.73 bits per heavy atom. The minimum atomic E-state index is -2.31. The van der Waals surface area contributed by atoms with Crippen LogP contribution < -0.4 is 0 Å². The maximum Gasteiger partial charge on any atom is 0.294 e. The average molecular weight is 192 g/mol. The lowest BCUT2D eigenvalue weighted by Gasteiger charge is -1.97. The molecule has 0 aliphatic heterocycles. The van der Waals surface area contributed by atoms with E-state index in [1.54, 1.807) is 12.1 Å². The van der Waals surface area contributed by atoms with Crippen molar-refractivity contribution in [2.75, 3.05) is 0 Å². The first-order chi connectivity index (χ1) is 5.29. The van der Waals surface area contributed by atoms with Gasteiger partial charge in [0.15, 0.2) is 0 Å². The van der Waals surface area contributed by atoms with Crippen LogP contribution in [0.5, 0.6) is 0 Å². The molecule has 0 radical (unpaired) electrons. The molecule has 0 saturated heterocycles. The Balaban J connectivity index is 2.39. The molecule has 0 unspecified atom stereocenters. The normalized spacial score (nSPS) is 10.5. The molecule has 0 nitrogen and oxygen atoms in total. The summed E-state index contributed by atoms with van der Waals surface area (Å²) in [6.07, 6.45) is 0. The monoisotopic (exact) mass is 192 g/mol. The predicted molar refractivity (Wildman–Crippen MR) is 45.9 cm³/mol. The van der Waals surface area contributed by atoms with Crippen molar-refractivity contribution >= 4 is 21.6 Å². The Morgan fingerprint density at radius 1 is 1.09 bits per heavy atom. The van der Waals surface area contributed by atoms with E-state index < -0.39 is 5.76 Å². The van der Waals surface area contributed by atoms with Gasteiger partial charge in [0.1, 0.15) is 0 Å². The van der Waals surface area contributed by atoms with Crippen LogP contribution in [0.15, 0.2) is 35.2 Å². The Kier molecular flexibility index (Phi) is 3.72. The fourth-order valence-corrected chi connectivity index (χ4v) is 1.90. The highest BCUT2D eigenvalue weighted by Crippen LogP contribution is 2.35. The molecular weight excluding hydrogens is 186 g/mol. The van der Waals surface area contributed by atoms with Crippen LogP contribution in [0.1, 0.15) is 0 Å². The third-order valence-electron chi connectivity index (χ3n) is 0.960. The summed E-state index contributed by atoms with van der Waals surface area (Å²) < 4.78 is 23.3. The predicted octanol–water partition coefficient (Wildman–Crippen LogP) is 3.65. The van der Waals surface area contributed by atoms with E-state index in [1.165, 1.54) is 0 Å². The second-order valence-electron chi connectivity index (χ2n) is 1.75. The van der Waals surface area contributed by atoms with Gasteiger partial charge in [0.25, 0.3) is 5.76 Å². The van der Waals surface area contributed by atoms with E-state index in [0.717, 1.165) is 15.7 Å². The summed E-state index contributed by atoms with van der Waals surface area (Å²) in [6, 6.07) is 9.12. The first-order valence-electron chi connectivity index (χ1n) is 2.95. The SMILES string of the molecule is FC(F)SSc1ccccc1. The van der Waals surface area contributed by atoms with E-state index in [2.05, 4.69) is 0 Å². The van der Waals surface area contributed by atoms with Gasteiger partial charge in [-0.05, 0) is 22.9 Å². The molecule has 1 aromatic rings.